The van der Waals surface area contributed by atoms with Crippen molar-refractivity contribution in [2.75, 3.05) is 26.2 Å². The maximum absolute atomic E-state index is 11.0. The molecule has 4 heteroatoms. The molecule has 1 aliphatic heterocycles. The van der Waals surface area contributed by atoms with E-state index in [1.165, 1.54) is 12.8 Å². The second kappa shape index (κ2) is 6.97. The molecule has 1 aliphatic rings. The lowest BCUT2D eigenvalue weighted by atomic mass is 9.93. The van der Waals surface area contributed by atoms with Gasteiger partial charge in [-0.1, -0.05) is 13.8 Å². The Morgan fingerprint density at radius 3 is 2.47 bits per heavy atom. The number of carboxylic acids is 1. The summed E-state index contributed by atoms with van der Waals surface area (Å²) in [6, 6.07) is 0.146. The maximum Gasteiger partial charge on any atom is 0.307 e. The average molecular weight is 242 g/mol. The molecule has 100 valence electrons. The number of carbonyl (C=O) groups is 1. The standard InChI is InChI=1S/C13H26N2O2/c1-4-14-9-12-5-7-15(8-6-12)11(3)10(2)13(16)17/h10-12,14H,4-9H2,1-3H3,(H,16,17). The molecule has 4 nitrogen and oxygen atoms in total. The Balaban J connectivity index is 2.33. The lowest BCUT2D eigenvalue weighted by Crippen LogP contribution is -2.46. The van der Waals surface area contributed by atoms with E-state index in [9.17, 15) is 4.79 Å². The monoisotopic (exact) mass is 242 g/mol. The van der Waals surface area contributed by atoms with Gasteiger partial charge in [-0.2, -0.15) is 0 Å². The highest BCUT2D eigenvalue weighted by atomic mass is 16.4. The third-order valence-electron chi connectivity index (χ3n) is 4.02. The topological polar surface area (TPSA) is 52.6 Å². The number of hydrogen-bond acceptors (Lipinski definition) is 3. The quantitative estimate of drug-likeness (QED) is 0.739. The molecule has 17 heavy (non-hydrogen) atoms. The Morgan fingerprint density at radius 1 is 1.41 bits per heavy atom. The molecule has 0 saturated carbocycles. The fourth-order valence-electron chi connectivity index (χ4n) is 2.44. The Bertz CT molecular complexity index is 238. The van der Waals surface area contributed by atoms with Crippen molar-refractivity contribution in [2.45, 2.75) is 39.7 Å². The van der Waals surface area contributed by atoms with Crippen LogP contribution in [-0.2, 0) is 4.79 Å². The zero-order valence-electron chi connectivity index (χ0n) is 11.3. The number of aliphatic carboxylic acids is 1. The third-order valence-corrected chi connectivity index (χ3v) is 4.02. The van der Waals surface area contributed by atoms with Gasteiger partial charge in [0.2, 0.25) is 0 Å². The van der Waals surface area contributed by atoms with E-state index in [1.54, 1.807) is 6.92 Å². The SMILES string of the molecule is CCNCC1CCN(C(C)C(C)C(=O)O)CC1. The molecule has 1 saturated heterocycles. The summed E-state index contributed by atoms with van der Waals surface area (Å²) in [7, 11) is 0. The van der Waals surface area contributed by atoms with Crippen LogP contribution < -0.4 is 5.32 Å². The molecule has 0 amide bonds. The first kappa shape index (κ1) is 14.5. The molecule has 0 bridgehead atoms. The molecule has 1 fully saturated rings. The molecule has 2 atom stereocenters. The molecule has 2 unspecified atom stereocenters. The van der Waals surface area contributed by atoms with Crippen molar-refractivity contribution < 1.29 is 9.90 Å². The zero-order chi connectivity index (χ0) is 12.8. The van der Waals surface area contributed by atoms with E-state index in [-0.39, 0.29) is 12.0 Å². The van der Waals surface area contributed by atoms with E-state index in [0.717, 1.165) is 32.1 Å². The van der Waals surface area contributed by atoms with Crippen LogP contribution in [0.1, 0.15) is 33.6 Å². The van der Waals surface area contributed by atoms with Gasteiger partial charge in [0.15, 0.2) is 0 Å². The zero-order valence-corrected chi connectivity index (χ0v) is 11.3. The van der Waals surface area contributed by atoms with Gasteiger partial charge in [0.05, 0.1) is 5.92 Å². The van der Waals surface area contributed by atoms with Gasteiger partial charge in [0, 0.05) is 6.04 Å². The van der Waals surface area contributed by atoms with Crippen molar-refractivity contribution in [1.29, 1.82) is 0 Å². The Labute approximate surface area is 104 Å². The van der Waals surface area contributed by atoms with Crippen LogP contribution in [0.5, 0.6) is 0 Å². The minimum absolute atomic E-state index is 0.146. The van der Waals surface area contributed by atoms with Crippen molar-refractivity contribution in [3.8, 4) is 0 Å². The minimum Gasteiger partial charge on any atom is -0.481 e. The smallest absolute Gasteiger partial charge is 0.307 e. The summed E-state index contributed by atoms with van der Waals surface area (Å²) in [6.07, 6.45) is 2.37. The Hall–Kier alpha value is -0.610. The van der Waals surface area contributed by atoms with Crippen molar-refractivity contribution in [1.82, 2.24) is 10.2 Å². The van der Waals surface area contributed by atoms with Gasteiger partial charge >= 0.3 is 5.97 Å². The predicted octanol–water partition coefficient (Wildman–Crippen LogP) is 1.42. The van der Waals surface area contributed by atoms with Crippen molar-refractivity contribution in [3.63, 3.8) is 0 Å². The first-order valence-electron chi connectivity index (χ1n) is 6.73. The van der Waals surface area contributed by atoms with Crippen LogP contribution in [0.25, 0.3) is 0 Å². The van der Waals surface area contributed by atoms with Crippen LogP contribution in [0.4, 0.5) is 0 Å². The fraction of sp³-hybridized carbons (Fsp3) is 0.923. The predicted molar refractivity (Wildman–Crippen MR) is 69.1 cm³/mol. The van der Waals surface area contributed by atoms with Crippen LogP contribution in [0, 0.1) is 11.8 Å². The number of nitrogens with zero attached hydrogens (tertiary/aromatic N) is 1. The average Bonchev–Trinajstić information content (AvgIpc) is 2.35. The maximum atomic E-state index is 11.0. The second-order valence-electron chi connectivity index (χ2n) is 5.15. The number of carboxylic acid groups (broad SMARTS) is 1. The van der Waals surface area contributed by atoms with E-state index in [1.807, 2.05) is 6.92 Å². The lowest BCUT2D eigenvalue weighted by molar-refractivity contribution is -0.143. The van der Waals surface area contributed by atoms with Crippen LogP contribution in [-0.4, -0.2) is 48.2 Å². The Morgan fingerprint density at radius 2 is 2.00 bits per heavy atom. The lowest BCUT2D eigenvalue weighted by Gasteiger charge is -2.37. The van der Waals surface area contributed by atoms with Gasteiger partial charge in [0.1, 0.15) is 0 Å². The van der Waals surface area contributed by atoms with E-state index >= 15 is 0 Å². The first-order chi connectivity index (χ1) is 8.06. The number of piperidine rings is 1. The molecule has 0 aromatic heterocycles. The highest BCUT2D eigenvalue weighted by Gasteiger charge is 2.28. The van der Waals surface area contributed by atoms with Crippen LogP contribution in [0.2, 0.25) is 0 Å². The highest BCUT2D eigenvalue weighted by molar-refractivity contribution is 5.70. The summed E-state index contributed by atoms with van der Waals surface area (Å²) < 4.78 is 0. The molecular formula is C13H26N2O2. The molecule has 0 aromatic rings. The van der Waals surface area contributed by atoms with E-state index in [2.05, 4.69) is 17.1 Å². The van der Waals surface area contributed by atoms with Gasteiger partial charge in [0.25, 0.3) is 0 Å². The van der Waals surface area contributed by atoms with E-state index in [4.69, 9.17) is 5.11 Å². The molecule has 0 spiro atoms. The molecule has 1 rings (SSSR count). The normalized spacial score (nSPS) is 22.3. The van der Waals surface area contributed by atoms with Crippen molar-refractivity contribution in [2.24, 2.45) is 11.8 Å². The summed E-state index contributed by atoms with van der Waals surface area (Å²) in [6.45, 7) is 10.2. The highest BCUT2D eigenvalue weighted by Crippen LogP contribution is 2.21. The van der Waals surface area contributed by atoms with Crippen LogP contribution >= 0.6 is 0 Å². The van der Waals surface area contributed by atoms with Gasteiger partial charge < -0.3 is 10.4 Å². The molecule has 2 N–H and O–H groups in total. The second-order valence-corrected chi connectivity index (χ2v) is 5.15. The number of likely N-dealkylation sites (tertiary alicyclic amines) is 1. The van der Waals surface area contributed by atoms with Crippen molar-refractivity contribution >= 4 is 5.97 Å². The van der Waals surface area contributed by atoms with E-state index < -0.39 is 5.97 Å². The number of hydrogen-bond donors (Lipinski definition) is 2. The molecule has 0 radical (unpaired) electrons. The van der Waals surface area contributed by atoms with Gasteiger partial charge in [-0.3, -0.25) is 9.69 Å². The molecule has 0 aliphatic carbocycles. The third kappa shape index (κ3) is 4.28. The fourth-order valence-corrected chi connectivity index (χ4v) is 2.44. The number of rotatable bonds is 6. The van der Waals surface area contributed by atoms with Crippen molar-refractivity contribution in [3.05, 3.63) is 0 Å². The van der Waals surface area contributed by atoms with Gasteiger partial charge in [-0.25, -0.2) is 0 Å². The molecular weight excluding hydrogens is 216 g/mol. The van der Waals surface area contributed by atoms with Gasteiger partial charge in [-0.15, -0.1) is 0 Å². The first-order valence-corrected chi connectivity index (χ1v) is 6.73. The van der Waals surface area contributed by atoms with E-state index in [0.29, 0.717) is 0 Å². The molecule has 0 aromatic carbocycles. The summed E-state index contributed by atoms with van der Waals surface area (Å²) in [5, 5.41) is 12.4. The number of nitrogens with one attached hydrogen (secondary N) is 1. The van der Waals surface area contributed by atoms with Gasteiger partial charge in [-0.05, 0) is 51.9 Å². The largest absolute Gasteiger partial charge is 0.481 e. The summed E-state index contributed by atoms with van der Waals surface area (Å²) in [4.78, 5) is 13.3. The molecule has 1 heterocycles. The van der Waals surface area contributed by atoms with Crippen LogP contribution in [0.15, 0.2) is 0 Å². The Kier molecular flexibility index (Phi) is 5.92. The minimum atomic E-state index is -0.688. The summed E-state index contributed by atoms with van der Waals surface area (Å²) >= 11 is 0. The van der Waals surface area contributed by atoms with Crippen LogP contribution in [0.3, 0.4) is 0 Å². The summed E-state index contributed by atoms with van der Waals surface area (Å²) in [5.41, 5.74) is 0. The summed E-state index contributed by atoms with van der Waals surface area (Å²) in [5.74, 6) is -0.203.